The van der Waals surface area contributed by atoms with Gasteiger partial charge in [-0.2, -0.15) is 0 Å². The predicted molar refractivity (Wildman–Crippen MR) is 92.1 cm³/mol. The van der Waals surface area contributed by atoms with Crippen LogP contribution in [0.4, 0.5) is 0 Å². The molecule has 2 heterocycles. The molecule has 0 aliphatic heterocycles. The molecule has 1 N–H and O–H groups in total. The molecular weight excluding hydrogens is 364 g/mol. The Balaban J connectivity index is 0.00000169. The van der Waals surface area contributed by atoms with Crippen LogP contribution in [0.15, 0.2) is 79.1 Å². The molecule has 4 heteroatoms. The van der Waals surface area contributed by atoms with Crippen LogP contribution in [0.1, 0.15) is 0 Å². The van der Waals surface area contributed by atoms with E-state index in [1.807, 2.05) is 35.2 Å². The molecule has 0 bridgehead atoms. The average molecular weight is 383 g/mol. The van der Waals surface area contributed by atoms with Gasteiger partial charge in [0, 0.05) is 33.9 Å². The van der Waals surface area contributed by atoms with Crippen molar-refractivity contribution in [3.05, 3.63) is 79.1 Å². The Kier molecular flexibility index (Phi) is 4.97. The molecule has 0 aliphatic rings. The summed E-state index contributed by atoms with van der Waals surface area (Å²) in [7, 11) is 0. The van der Waals surface area contributed by atoms with Gasteiger partial charge in [-0.05, 0) is 12.1 Å². The van der Waals surface area contributed by atoms with Gasteiger partial charge in [-0.3, -0.25) is 0 Å². The Morgan fingerprint density at radius 3 is 1.92 bits per heavy atom. The minimum atomic E-state index is -0.443. The second-order valence-electron chi connectivity index (χ2n) is 5.87. The maximum absolute atomic E-state index is 10.6. The summed E-state index contributed by atoms with van der Waals surface area (Å²) in [5.41, 5.74) is 2.34. The zero-order valence-corrected chi connectivity index (χ0v) is 14.8. The third-order valence-electron chi connectivity index (χ3n) is 4.27. The fraction of sp³-hybridized carbons (Fsp3) is 0.150. The van der Waals surface area contributed by atoms with Gasteiger partial charge in [0.15, 0.2) is 18.9 Å². The Hall–Kier alpha value is -2.17. The third kappa shape index (κ3) is 3.07. The van der Waals surface area contributed by atoms with Crippen LogP contribution in [-0.2, 0) is 13.1 Å². The lowest BCUT2D eigenvalue weighted by atomic mass is 10.2. The topological polar surface area (TPSA) is 29.0 Å². The average Bonchev–Trinajstić information content (AvgIpc) is 2.90. The Labute approximate surface area is 151 Å². The van der Waals surface area contributed by atoms with E-state index in [1.165, 1.54) is 21.8 Å². The Bertz CT molecular complexity index is 896. The summed E-state index contributed by atoms with van der Waals surface area (Å²) >= 11 is 0. The van der Waals surface area contributed by atoms with Gasteiger partial charge in [-0.1, -0.05) is 42.5 Å². The molecule has 0 aliphatic carbocycles. The number of rotatable bonds is 4. The van der Waals surface area contributed by atoms with E-state index < -0.39 is 6.10 Å². The molecule has 4 aromatic rings. The fourth-order valence-electron chi connectivity index (χ4n) is 3.27. The first kappa shape index (κ1) is 16.7. The maximum Gasteiger partial charge on any atom is 0.175 e. The van der Waals surface area contributed by atoms with E-state index in [0.29, 0.717) is 13.1 Å². The molecule has 4 rings (SSSR count). The number of pyridine rings is 1. The zero-order chi connectivity index (χ0) is 15.6. The van der Waals surface area contributed by atoms with Crippen molar-refractivity contribution in [3.8, 4) is 0 Å². The van der Waals surface area contributed by atoms with Crippen LogP contribution in [0.2, 0.25) is 0 Å². The Morgan fingerprint density at radius 2 is 1.33 bits per heavy atom. The van der Waals surface area contributed by atoms with Gasteiger partial charge < -0.3 is 26.7 Å². The molecule has 122 valence electrons. The smallest absolute Gasteiger partial charge is 0.175 e. The van der Waals surface area contributed by atoms with Crippen molar-refractivity contribution in [1.29, 1.82) is 0 Å². The molecule has 0 saturated heterocycles. The highest BCUT2D eigenvalue weighted by Gasteiger charge is 2.15. The molecular formula is C20H19BrN2O. The molecule has 24 heavy (non-hydrogen) atoms. The molecule has 0 radical (unpaired) electrons. The number of halogens is 1. The van der Waals surface area contributed by atoms with Crippen molar-refractivity contribution in [2.75, 3.05) is 0 Å². The highest BCUT2D eigenvalue weighted by molar-refractivity contribution is 6.07. The van der Waals surface area contributed by atoms with Gasteiger partial charge in [0.25, 0.3) is 0 Å². The number of hydrogen-bond donors (Lipinski definition) is 1. The number of nitrogens with zero attached hydrogens (tertiary/aromatic N) is 2. The highest BCUT2D eigenvalue weighted by Crippen LogP contribution is 2.28. The van der Waals surface area contributed by atoms with Crippen molar-refractivity contribution in [3.63, 3.8) is 0 Å². The summed E-state index contributed by atoms with van der Waals surface area (Å²) in [5.74, 6) is 0. The van der Waals surface area contributed by atoms with Gasteiger partial charge >= 0.3 is 0 Å². The van der Waals surface area contributed by atoms with Crippen LogP contribution in [0, 0.1) is 0 Å². The monoisotopic (exact) mass is 382 g/mol. The van der Waals surface area contributed by atoms with Gasteiger partial charge in [0.2, 0.25) is 0 Å². The lowest BCUT2D eigenvalue weighted by molar-refractivity contribution is -0.703. The second-order valence-corrected chi connectivity index (χ2v) is 5.87. The van der Waals surface area contributed by atoms with Crippen molar-refractivity contribution >= 4 is 21.8 Å². The van der Waals surface area contributed by atoms with Crippen molar-refractivity contribution < 1.29 is 26.7 Å². The SMILES string of the molecule is OC(Cn1c2ccccc2c2ccccc21)C[n+]1ccccc1.[Br-]. The summed E-state index contributed by atoms with van der Waals surface area (Å²) in [6.45, 7) is 1.16. The van der Waals surface area contributed by atoms with E-state index in [9.17, 15) is 5.11 Å². The molecule has 1 unspecified atom stereocenters. The van der Waals surface area contributed by atoms with Crippen LogP contribution in [0.25, 0.3) is 21.8 Å². The molecule has 2 aromatic carbocycles. The largest absolute Gasteiger partial charge is 1.00 e. The first-order chi connectivity index (χ1) is 11.3. The number of benzene rings is 2. The predicted octanol–water partition coefficient (Wildman–Crippen LogP) is 0.147. The highest BCUT2D eigenvalue weighted by atomic mass is 79.9. The first-order valence-corrected chi connectivity index (χ1v) is 7.91. The summed E-state index contributed by atoms with van der Waals surface area (Å²) in [6.07, 6.45) is 3.52. The molecule has 2 aromatic heterocycles. The van der Waals surface area contributed by atoms with Crippen LogP contribution in [-0.4, -0.2) is 15.8 Å². The third-order valence-corrected chi connectivity index (χ3v) is 4.27. The number of hydrogen-bond acceptors (Lipinski definition) is 1. The van der Waals surface area contributed by atoms with E-state index in [2.05, 4.69) is 53.1 Å². The minimum absolute atomic E-state index is 0. The Morgan fingerprint density at radius 1 is 0.792 bits per heavy atom. The minimum Gasteiger partial charge on any atom is -1.00 e. The first-order valence-electron chi connectivity index (χ1n) is 7.91. The lowest BCUT2D eigenvalue weighted by Crippen LogP contribution is -3.00. The number of aliphatic hydroxyl groups is 1. The van der Waals surface area contributed by atoms with Crippen molar-refractivity contribution in [2.45, 2.75) is 19.2 Å². The quantitative estimate of drug-likeness (QED) is 0.500. The number of para-hydroxylation sites is 2. The molecule has 0 fully saturated rings. The lowest BCUT2D eigenvalue weighted by Gasteiger charge is -2.11. The normalized spacial score (nSPS) is 12.2. The summed E-state index contributed by atoms with van der Waals surface area (Å²) < 4.78 is 4.23. The summed E-state index contributed by atoms with van der Waals surface area (Å²) in [5, 5.41) is 13.0. The fourth-order valence-corrected chi connectivity index (χ4v) is 3.27. The van der Waals surface area contributed by atoms with Crippen molar-refractivity contribution in [1.82, 2.24) is 4.57 Å². The van der Waals surface area contributed by atoms with E-state index in [0.717, 1.165) is 0 Å². The maximum atomic E-state index is 10.6. The summed E-state index contributed by atoms with van der Waals surface area (Å²) in [4.78, 5) is 0. The standard InChI is InChI=1S/C20H19N2O.BrH/c23-16(14-21-12-6-1-7-13-21)15-22-19-10-4-2-8-17(19)18-9-3-5-11-20(18)22;/h1-13,16,23H,14-15H2;1H/q+1;/p-1. The van der Waals surface area contributed by atoms with Gasteiger partial charge in [0.05, 0.1) is 6.54 Å². The molecule has 1 atom stereocenters. The molecule has 0 amide bonds. The van der Waals surface area contributed by atoms with E-state index in [-0.39, 0.29) is 17.0 Å². The second kappa shape index (κ2) is 7.16. The number of aliphatic hydroxyl groups excluding tert-OH is 1. The van der Waals surface area contributed by atoms with E-state index in [4.69, 9.17) is 0 Å². The summed E-state index contributed by atoms with van der Waals surface area (Å²) in [6, 6.07) is 22.7. The number of fused-ring (bicyclic) bond motifs is 3. The number of aromatic nitrogens is 2. The van der Waals surface area contributed by atoms with E-state index in [1.54, 1.807) is 0 Å². The van der Waals surface area contributed by atoms with Crippen LogP contribution in [0.3, 0.4) is 0 Å². The molecule has 0 saturated carbocycles. The van der Waals surface area contributed by atoms with Crippen molar-refractivity contribution in [2.24, 2.45) is 0 Å². The van der Waals surface area contributed by atoms with Crippen LogP contribution in [0.5, 0.6) is 0 Å². The van der Waals surface area contributed by atoms with Crippen LogP contribution < -0.4 is 21.5 Å². The van der Waals surface area contributed by atoms with E-state index >= 15 is 0 Å². The zero-order valence-electron chi connectivity index (χ0n) is 13.2. The van der Waals surface area contributed by atoms with Gasteiger partial charge in [0.1, 0.15) is 6.10 Å². The van der Waals surface area contributed by atoms with Gasteiger partial charge in [-0.15, -0.1) is 0 Å². The van der Waals surface area contributed by atoms with Crippen LogP contribution >= 0.6 is 0 Å². The molecule has 3 nitrogen and oxygen atoms in total. The van der Waals surface area contributed by atoms with Gasteiger partial charge in [-0.25, -0.2) is 4.57 Å². The molecule has 0 spiro atoms.